The number of rotatable bonds is 7. The number of nitrogens with one attached hydrogen (secondary N) is 1. The summed E-state index contributed by atoms with van der Waals surface area (Å²) in [6.45, 7) is 2.19. The van der Waals surface area contributed by atoms with E-state index in [1.165, 1.54) is 0 Å². The van der Waals surface area contributed by atoms with E-state index in [0.29, 0.717) is 33.3 Å². The van der Waals surface area contributed by atoms with Crippen LogP contribution in [0.2, 0.25) is 5.02 Å². The van der Waals surface area contributed by atoms with Gasteiger partial charge in [0.2, 0.25) is 5.13 Å². The van der Waals surface area contributed by atoms with Crippen LogP contribution < -0.4 is 14.8 Å². The summed E-state index contributed by atoms with van der Waals surface area (Å²) >= 11 is 7.04. The number of anilines is 1. The highest BCUT2D eigenvalue weighted by atomic mass is 35.5. The van der Waals surface area contributed by atoms with Crippen molar-refractivity contribution in [2.45, 2.75) is 13.5 Å². The Bertz CT molecular complexity index is 1240. The predicted octanol–water partition coefficient (Wildman–Crippen LogP) is 5.40. The van der Waals surface area contributed by atoms with Gasteiger partial charge < -0.3 is 9.47 Å². The molecule has 2 heterocycles. The highest BCUT2D eigenvalue weighted by Crippen LogP contribution is 2.33. The Morgan fingerprint density at radius 3 is 2.66 bits per heavy atom. The lowest BCUT2D eigenvalue weighted by Crippen LogP contribution is -2.14. The summed E-state index contributed by atoms with van der Waals surface area (Å²) < 4.78 is 11.1. The molecule has 1 amide bonds. The third-order valence-corrected chi connectivity index (χ3v) is 5.59. The quantitative estimate of drug-likeness (QED) is 0.392. The fourth-order valence-corrected chi connectivity index (χ4v) is 3.76. The molecule has 7 nitrogen and oxygen atoms in total. The molecule has 4 aromatic rings. The van der Waals surface area contributed by atoms with E-state index in [1.807, 2.05) is 49.4 Å². The highest BCUT2D eigenvalue weighted by Gasteiger charge is 2.18. The van der Waals surface area contributed by atoms with E-state index in [4.69, 9.17) is 21.1 Å². The van der Waals surface area contributed by atoms with Gasteiger partial charge in [-0.2, -0.15) is 0 Å². The summed E-state index contributed by atoms with van der Waals surface area (Å²) in [5.74, 6) is 0.319. The molecule has 0 aliphatic carbocycles. The van der Waals surface area contributed by atoms with Crippen molar-refractivity contribution < 1.29 is 14.3 Å². The zero-order valence-electron chi connectivity index (χ0n) is 17.3. The van der Waals surface area contributed by atoms with Gasteiger partial charge in [-0.25, -0.2) is 0 Å². The first kappa shape index (κ1) is 21.7. The van der Waals surface area contributed by atoms with Crippen LogP contribution in [-0.2, 0) is 6.61 Å². The van der Waals surface area contributed by atoms with Crippen molar-refractivity contribution in [1.29, 1.82) is 0 Å². The van der Waals surface area contributed by atoms with Gasteiger partial charge in [0.05, 0.1) is 12.7 Å². The van der Waals surface area contributed by atoms with Crippen molar-refractivity contribution in [3.63, 3.8) is 0 Å². The summed E-state index contributed by atoms with van der Waals surface area (Å²) in [5.41, 5.74) is 3.66. The van der Waals surface area contributed by atoms with Gasteiger partial charge in [0.1, 0.15) is 12.4 Å². The molecule has 0 unspecified atom stereocenters. The molecule has 0 fully saturated rings. The molecule has 0 atom stereocenters. The maximum atomic E-state index is 13.0. The lowest BCUT2D eigenvalue weighted by molar-refractivity contribution is 0.102. The van der Waals surface area contributed by atoms with Crippen LogP contribution in [0.15, 0.2) is 60.8 Å². The summed E-state index contributed by atoms with van der Waals surface area (Å²) in [6.07, 6.45) is 1.55. The van der Waals surface area contributed by atoms with E-state index in [1.54, 1.807) is 25.4 Å². The second-order valence-electron chi connectivity index (χ2n) is 6.81. The molecule has 0 radical (unpaired) electrons. The normalized spacial score (nSPS) is 10.6. The molecule has 2 aromatic heterocycles. The molecule has 0 saturated heterocycles. The fraction of sp³-hybridized carbons (Fsp3) is 0.130. The predicted molar refractivity (Wildman–Crippen MR) is 125 cm³/mol. The summed E-state index contributed by atoms with van der Waals surface area (Å²) in [6, 6.07) is 16.7. The summed E-state index contributed by atoms with van der Waals surface area (Å²) in [5, 5.41) is 12.1. The minimum Gasteiger partial charge on any atom is -0.496 e. The molecular weight excluding hydrogens is 448 g/mol. The minimum atomic E-state index is -0.348. The smallest absolute Gasteiger partial charge is 0.296 e. The molecule has 9 heteroatoms. The van der Waals surface area contributed by atoms with E-state index in [-0.39, 0.29) is 5.91 Å². The first-order chi connectivity index (χ1) is 15.5. The Hall–Kier alpha value is -3.49. The Kier molecular flexibility index (Phi) is 6.63. The maximum absolute atomic E-state index is 13.0. The number of aromatic nitrogens is 3. The monoisotopic (exact) mass is 466 g/mol. The second kappa shape index (κ2) is 9.76. The van der Waals surface area contributed by atoms with Crippen molar-refractivity contribution in [2.24, 2.45) is 0 Å². The zero-order chi connectivity index (χ0) is 22.5. The number of methoxy groups -OCH3 is 1. The number of hydrogen-bond acceptors (Lipinski definition) is 7. The number of para-hydroxylation sites is 1. The van der Waals surface area contributed by atoms with Crippen LogP contribution in [0, 0.1) is 6.92 Å². The van der Waals surface area contributed by atoms with Crippen LogP contribution in [-0.4, -0.2) is 28.2 Å². The first-order valence-electron chi connectivity index (χ1n) is 9.65. The summed E-state index contributed by atoms with van der Waals surface area (Å²) in [7, 11) is 1.60. The van der Waals surface area contributed by atoms with Crippen LogP contribution in [0.4, 0.5) is 5.13 Å². The Labute approximate surface area is 194 Å². The van der Waals surface area contributed by atoms with Gasteiger partial charge in [-0.05, 0) is 48.1 Å². The lowest BCUT2D eigenvalue weighted by Gasteiger charge is -2.13. The van der Waals surface area contributed by atoms with Gasteiger partial charge in [0, 0.05) is 28.0 Å². The van der Waals surface area contributed by atoms with Crippen molar-refractivity contribution >= 4 is 34.0 Å². The molecule has 32 heavy (non-hydrogen) atoms. The largest absolute Gasteiger partial charge is 0.496 e. The second-order valence-corrected chi connectivity index (χ2v) is 8.19. The standard InChI is InChI=1S/C23H19ClN4O3S/c1-14-11-18(17-5-3-4-6-20(17)30-2)19(12-25-14)21(29)26-22-27-28-23(32-22)31-13-15-7-9-16(24)10-8-15/h3-12H,13H2,1-2H3,(H,26,27,29). The molecule has 0 saturated carbocycles. The van der Waals surface area contributed by atoms with E-state index < -0.39 is 0 Å². The maximum Gasteiger partial charge on any atom is 0.296 e. The van der Waals surface area contributed by atoms with Crippen molar-refractivity contribution in [1.82, 2.24) is 15.2 Å². The Morgan fingerprint density at radius 1 is 1.09 bits per heavy atom. The number of aryl methyl sites for hydroxylation is 1. The van der Waals surface area contributed by atoms with Crippen LogP contribution in [0.3, 0.4) is 0 Å². The lowest BCUT2D eigenvalue weighted by atomic mass is 9.99. The fourth-order valence-electron chi connectivity index (χ4n) is 3.04. The van der Waals surface area contributed by atoms with Crippen LogP contribution >= 0.6 is 22.9 Å². The molecule has 2 aromatic carbocycles. The molecule has 0 aliphatic heterocycles. The number of pyridine rings is 1. The van der Waals surface area contributed by atoms with Gasteiger partial charge >= 0.3 is 0 Å². The van der Waals surface area contributed by atoms with Gasteiger partial charge in [0.25, 0.3) is 11.1 Å². The molecule has 0 aliphatic rings. The third kappa shape index (κ3) is 5.04. The third-order valence-electron chi connectivity index (χ3n) is 4.58. The molecule has 162 valence electrons. The van der Waals surface area contributed by atoms with Crippen molar-refractivity contribution in [3.05, 3.63) is 82.6 Å². The Morgan fingerprint density at radius 2 is 1.88 bits per heavy atom. The van der Waals surface area contributed by atoms with Crippen LogP contribution in [0.5, 0.6) is 10.9 Å². The van der Waals surface area contributed by atoms with Gasteiger partial charge in [-0.1, -0.05) is 47.0 Å². The Balaban J connectivity index is 1.51. The SMILES string of the molecule is COc1ccccc1-c1cc(C)ncc1C(=O)Nc1nnc(OCc2ccc(Cl)cc2)s1. The minimum absolute atomic E-state index is 0.319. The number of halogens is 1. The number of carbonyl (C=O) groups excluding carboxylic acids is 1. The van der Waals surface area contributed by atoms with Crippen molar-refractivity contribution in [2.75, 3.05) is 12.4 Å². The number of nitrogens with zero attached hydrogens (tertiary/aromatic N) is 3. The van der Waals surface area contributed by atoms with Crippen LogP contribution in [0.25, 0.3) is 11.1 Å². The topological polar surface area (TPSA) is 86.2 Å². The summed E-state index contributed by atoms with van der Waals surface area (Å²) in [4.78, 5) is 17.3. The zero-order valence-corrected chi connectivity index (χ0v) is 18.9. The molecular formula is C23H19ClN4O3S. The number of hydrogen-bond donors (Lipinski definition) is 1. The average molecular weight is 467 g/mol. The van der Waals surface area contributed by atoms with E-state index >= 15 is 0 Å². The highest BCUT2D eigenvalue weighted by molar-refractivity contribution is 7.17. The van der Waals surface area contributed by atoms with Gasteiger partial charge in [0.15, 0.2) is 0 Å². The van der Waals surface area contributed by atoms with E-state index in [0.717, 1.165) is 33.7 Å². The molecule has 0 spiro atoms. The van der Waals surface area contributed by atoms with E-state index in [2.05, 4.69) is 20.5 Å². The van der Waals surface area contributed by atoms with Crippen LogP contribution in [0.1, 0.15) is 21.6 Å². The molecule has 1 N–H and O–H groups in total. The first-order valence-corrected chi connectivity index (χ1v) is 10.8. The van der Waals surface area contributed by atoms with Crippen molar-refractivity contribution in [3.8, 4) is 22.1 Å². The average Bonchev–Trinajstić information content (AvgIpc) is 3.25. The number of amides is 1. The van der Waals surface area contributed by atoms with E-state index in [9.17, 15) is 4.79 Å². The number of carbonyl (C=O) groups is 1. The number of benzene rings is 2. The van der Waals surface area contributed by atoms with Gasteiger partial charge in [-0.15, -0.1) is 5.10 Å². The molecule has 4 rings (SSSR count). The molecule has 0 bridgehead atoms. The van der Waals surface area contributed by atoms with Gasteiger partial charge in [-0.3, -0.25) is 15.1 Å². The number of ether oxygens (including phenoxy) is 2.